The van der Waals surface area contributed by atoms with Crippen LogP contribution >= 0.6 is 11.8 Å². The van der Waals surface area contributed by atoms with E-state index in [1.807, 2.05) is 18.7 Å². The molecule has 0 spiro atoms. The maximum atomic E-state index is 8.97. The first kappa shape index (κ1) is 13.4. The van der Waals surface area contributed by atoms with Gasteiger partial charge in [-0.25, -0.2) is 0 Å². The minimum Gasteiger partial charge on any atom is -0.396 e. The molecular formula is C11H21N3OS. The predicted molar refractivity (Wildman–Crippen MR) is 68.6 cm³/mol. The summed E-state index contributed by atoms with van der Waals surface area (Å²) >= 11 is 1.67. The van der Waals surface area contributed by atoms with Gasteiger partial charge in [0.1, 0.15) is 5.03 Å². The van der Waals surface area contributed by atoms with Crippen LogP contribution in [-0.2, 0) is 13.5 Å². The molecule has 1 aromatic rings. The van der Waals surface area contributed by atoms with Crippen LogP contribution in [0.25, 0.3) is 0 Å². The molecule has 4 nitrogen and oxygen atoms in total. The van der Waals surface area contributed by atoms with Gasteiger partial charge < -0.3 is 10.8 Å². The Morgan fingerprint density at radius 2 is 2.25 bits per heavy atom. The van der Waals surface area contributed by atoms with Crippen LogP contribution < -0.4 is 5.73 Å². The number of aliphatic hydroxyl groups is 1. The van der Waals surface area contributed by atoms with E-state index >= 15 is 0 Å². The molecule has 0 saturated heterocycles. The molecule has 0 aromatic carbocycles. The molecule has 0 aliphatic carbocycles. The average Bonchev–Trinajstić information content (AvgIpc) is 2.52. The third-order valence-electron chi connectivity index (χ3n) is 2.41. The summed E-state index contributed by atoms with van der Waals surface area (Å²) in [4.78, 5) is 0. The number of aliphatic hydroxyl groups excluding tert-OH is 1. The van der Waals surface area contributed by atoms with E-state index in [0.717, 1.165) is 35.0 Å². The minimum absolute atomic E-state index is 0.215. The fraction of sp³-hybridized carbons (Fsp3) is 0.727. The molecule has 1 rings (SSSR count). The normalized spacial score (nSPS) is 13.0. The van der Waals surface area contributed by atoms with Crippen molar-refractivity contribution in [3.05, 3.63) is 5.69 Å². The molecule has 16 heavy (non-hydrogen) atoms. The van der Waals surface area contributed by atoms with Crippen molar-refractivity contribution in [3.8, 4) is 0 Å². The maximum absolute atomic E-state index is 8.97. The zero-order valence-electron chi connectivity index (χ0n) is 10.2. The van der Waals surface area contributed by atoms with E-state index in [0.29, 0.717) is 0 Å². The van der Waals surface area contributed by atoms with Gasteiger partial charge in [0.15, 0.2) is 0 Å². The Hall–Kier alpha value is -0.680. The summed E-state index contributed by atoms with van der Waals surface area (Å²) in [5.41, 5.74) is 7.85. The second-order valence-corrected chi connectivity index (χ2v) is 5.15. The minimum atomic E-state index is 0.215. The summed E-state index contributed by atoms with van der Waals surface area (Å²) in [6.45, 7) is 4.36. The summed E-state index contributed by atoms with van der Waals surface area (Å²) in [7, 11) is 1.92. The van der Waals surface area contributed by atoms with E-state index in [-0.39, 0.29) is 12.5 Å². The number of nitrogen functional groups attached to an aromatic ring is 1. The lowest BCUT2D eigenvalue weighted by Gasteiger charge is -2.07. The van der Waals surface area contributed by atoms with Gasteiger partial charge in [-0.2, -0.15) is 5.10 Å². The highest BCUT2D eigenvalue weighted by Gasteiger charge is 2.13. The number of thioether (sulfide) groups is 1. The second kappa shape index (κ2) is 6.15. The van der Waals surface area contributed by atoms with Crippen molar-refractivity contribution in [2.45, 2.75) is 31.7 Å². The topological polar surface area (TPSA) is 64.1 Å². The Morgan fingerprint density at radius 3 is 2.81 bits per heavy atom. The number of hydrogen-bond acceptors (Lipinski definition) is 4. The van der Waals surface area contributed by atoms with Crippen molar-refractivity contribution in [1.82, 2.24) is 9.78 Å². The number of anilines is 1. The number of aryl methyl sites for hydroxylation is 2. The lowest BCUT2D eigenvalue weighted by atomic mass is 10.2. The Labute approximate surface area is 101 Å². The van der Waals surface area contributed by atoms with Gasteiger partial charge in [0.25, 0.3) is 0 Å². The highest BCUT2D eigenvalue weighted by atomic mass is 32.2. The van der Waals surface area contributed by atoms with Gasteiger partial charge in [0.2, 0.25) is 0 Å². The first-order chi connectivity index (χ1) is 7.60. The van der Waals surface area contributed by atoms with Crippen LogP contribution in [0.5, 0.6) is 0 Å². The van der Waals surface area contributed by atoms with Crippen LogP contribution in [0.15, 0.2) is 5.03 Å². The Balaban J connectivity index is 2.72. The third-order valence-corrected chi connectivity index (χ3v) is 3.90. The van der Waals surface area contributed by atoms with Crippen LogP contribution in [0.2, 0.25) is 0 Å². The smallest absolute Gasteiger partial charge is 0.117 e. The van der Waals surface area contributed by atoms with E-state index < -0.39 is 0 Å². The highest BCUT2D eigenvalue weighted by Crippen LogP contribution is 2.29. The standard InChI is InChI=1S/C11H21N3OS/c1-4-5-9-10(12)11(14(3)13-9)16-7-8(2)6-15/h8,15H,4-7,12H2,1-3H3. The quantitative estimate of drug-likeness (QED) is 0.746. The van der Waals surface area contributed by atoms with Gasteiger partial charge in [0.05, 0.1) is 11.4 Å². The lowest BCUT2D eigenvalue weighted by molar-refractivity contribution is 0.250. The van der Waals surface area contributed by atoms with E-state index in [2.05, 4.69) is 12.0 Å². The molecule has 0 amide bonds. The van der Waals surface area contributed by atoms with Crippen LogP contribution in [0.1, 0.15) is 26.0 Å². The van der Waals surface area contributed by atoms with Crippen molar-refractivity contribution < 1.29 is 5.11 Å². The molecule has 1 aromatic heterocycles. The molecular weight excluding hydrogens is 222 g/mol. The van der Waals surface area contributed by atoms with Gasteiger partial charge in [-0.1, -0.05) is 20.3 Å². The largest absolute Gasteiger partial charge is 0.396 e. The Bertz CT molecular complexity index is 338. The number of rotatable bonds is 6. The van der Waals surface area contributed by atoms with Crippen molar-refractivity contribution in [2.75, 3.05) is 18.1 Å². The molecule has 0 aliphatic heterocycles. The average molecular weight is 243 g/mol. The molecule has 92 valence electrons. The molecule has 5 heteroatoms. The molecule has 1 atom stereocenters. The summed E-state index contributed by atoms with van der Waals surface area (Å²) in [6, 6.07) is 0. The first-order valence-corrected chi connectivity index (χ1v) is 6.63. The third kappa shape index (κ3) is 3.15. The second-order valence-electron chi connectivity index (χ2n) is 4.14. The summed E-state index contributed by atoms with van der Waals surface area (Å²) in [6.07, 6.45) is 1.98. The molecule has 1 unspecified atom stereocenters. The fourth-order valence-corrected chi connectivity index (χ4v) is 2.49. The summed E-state index contributed by atoms with van der Waals surface area (Å²) in [5, 5.41) is 14.4. The molecule has 0 aliphatic rings. The molecule has 3 N–H and O–H groups in total. The molecule has 0 fully saturated rings. The maximum Gasteiger partial charge on any atom is 0.117 e. The Kier molecular flexibility index (Phi) is 5.15. The van der Waals surface area contributed by atoms with Gasteiger partial charge in [-0.15, -0.1) is 11.8 Å². The summed E-state index contributed by atoms with van der Waals surface area (Å²) in [5.74, 6) is 1.15. The summed E-state index contributed by atoms with van der Waals surface area (Å²) < 4.78 is 1.84. The van der Waals surface area contributed by atoms with Crippen LogP contribution in [0, 0.1) is 5.92 Å². The molecule has 0 bridgehead atoms. The molecule has 0 radical (unpaired) electrons. The molecule has 0 saturated carbocycles. The van der Waals surface area contributed by atoms with Gasteiger partial charge in [-0.3, -0.25) is 4.68 Å². The van der Waals surface area contributed by atoms with E-state index in [1.54, 1.807) is 11.8 Å². The van der Waals surface area contributed by atoms with Crippen LogP contribution in [0.4, 0.5) is 5.69 Å². The zero-order valence-corrected chi connectivity index (χ0v) is 11.0. The number of nitrogens with two attached hydrogens (primary N) is 1. The highest BCUT2D eigenvalue weighted by molar-refractivity contribution is 7.99. The van der Waals surface area contributed by atoms with Gasteiger partial charge >= 0.3 is 0 Å². The predicted octanol–water partition coefficient (Wildman–Crippen LogP) is 1.68. The van der Waals surface area contributed by atoms with Gasteiger partial charge in [-0.05, 0) is 12.3 Å². The van der Waals surface area contributed by atoms with Crippen LogP contribution in [-0.4, -0.2) is 27.2 Å². The Morgan fingerprint density at radius 1 is 1.56 bits per heavy atom. The van der Waals surface area contributed by atoms with E-state index in [9.17, 15) is 0 Å². The lowest BCUT2D eigenvalue weighted by Crippen LogP contribution is -2.05. The molecule has 1 heterocycles. The SMILES string of the molecule is CCCc1nn(C)c(SCC(C)CO)c1N. The van der Waals surface area contributed by atoms with Crippen molar-refractivity contribution in [1.29, 1.82) is 0 Å². The number of hydrogen-bond donors (Lipinski definition) is 2. The van der Waals surface area contributed by atoms with Crippen LogP contribution in [0.3, 0.4) is 0 Å². The van der Waals surface area contributed by atoms with Gasteiger partial charge in [0, 0.05) is 19.4 Å². The number of nitrogens with zero attached hydrogens (tertiary/aromatic N) is 2. The van der Waals surface area contributed by atoms with E-state index in [1.165, 1.54) is 0 Å². The van der Waals surface area contributed by atoms with E-state index in [4.69, 9.17) is 10.8 Å². The monoisotopic (exact) mass is 243 g/mol. The first-order valence-electron chi connectivity index (χ1n) is 5.65. The van der Waals surface area contributed by atoms with Crippen molar-refractivity contribution in [2.24, 2.45) is 13.0 Å². The van der Waals surface area contributed by atoms with Crippen molar-refractivity contribution >= 4 is 17.4 Å². The fourth-order valence-electron chi connectivity index (χ4n) is 1.44. The van der Waals surface area contributed by atoms with Crippen molar-refractivity contribution in [3.63, 3.8) is 0 Å². The number of aromatic nitrogens is 2. The zero-order chi connectivity index (χ0) is 12.1.